The van der Waals surface area contributed by atoms with Crippen LogP contribution in [0.15, 0.2) is 28.7 Å². The van der Waals surface area contributed by atoms with Crippen LogP contribution >= 0.6 is 15.9 Å². The Balaban J connectivity index is 1.75. The fourth-order valence-corrected chi connectivity index (χ4v) is 3.27. The molecular formula is C16H24BrNO. The molecular weight excluding hydrogens is 302 g/mol. The lowest BCUT2D eigenvalue weighted by Crippen LogP contribution is -2.29. The molecule has 0 atom stereocenters. The standard InChI is InChI=1S/C16H24BrNO/c1-3-16(4-2)8-9-18(13-16)10-11-19-15-7-5-6-14(17)12-15/h5-7,12H,3-4,8-11,13H2,1-2H3. The molecule has 1 aliphatic heterocycles. The van der Waals surface area contributed by atoms with Crippen molar-refractivity contribution in [3.05, 3.63) is 28.7 Å². The Morgan fingerprint density at radius 1 is 1.32 bits per heavy atom. The van der Waals surface area contributed by atoms with Crippen LogP contribution in [0.1, 0.15) is 33.1 Å². The van der Waals surface area contributed by atoms with Gasteiger partial charge in [0.2, 0.25) is 0 Å². The van der Waals surface area contributed by atoms with Gasteiger partial charge in [0.25, 0.3) is 0 Å². The summed E-state index contributed by atoms with van der Waals surface area (Å²) < 4.78 is 6.88. The van der Waals surface area contributed by atoms with E-state index in [0.29, 0.717) is 5.41 Å². The van der Waals surface area contributed by atoms with E-state index in [1.165, 1.54) is 32.4 Å². The summed E-state index contributed by atoms with van der Waals surface area (Å²) in [6.45, 7) is 8.93. The predicted molar refractivity (Wildman–Crippen MR) is 83.7 cm³/mol. The highest BCUT2D eigenvalue weighted by Crippen LogP contribution is 2.36. The number of halogens is 1. The van der Waals surface area contributed by atoms with Crippen LogP contribution in [-0.2, 0) is 0 Å². The number of nitrogens with zero attached hydrogens (tertiary/aromatic N) is 1. The molecule has 19 heavy (non-hydrogen) atoms. The Bertz CT molecular complexity index is 403. The molecule has 2 nitrogen and oxygen atoms in total. The van der Waals surface area contributed by atoms with E-state index in [1.807, 2.05) is 24.3 Å². The maximum atomic E-state index is 5.81. The van der Waals surface area contributed by atoms with Gasteiger partial charge in [-0.3, -0.25) is 4.90 Å². The SMILES string of the molecule is CCC1(CC)CCN(CCOc2cccc(Br)c2)C1. The van der Waals surface area contributed by atoms with Crippen molar-refractivity contribution in [1.29, 1.82) is 0 Å². The monoisotopic (exact) mass is 325 g/mol. The van der Waals surface area contributed by atoms with Gasteiger partial charge < -0.3 is 4.74 Å². The highest BCUT2D eigenvalue weighted by Gasteiger charge is 2.34. The topological polar surface area (TPSA) is 12.5 Å². The van der Waals surface area contributed by atoms with Gasteiger partial charge in [-0.1, -0.05) is 35.8 Å². The summed E-state index contributed by atoms with van der Waals surface area (Å²) in [7, 11) is 0. The van der Waals surface area contributed by atoms with Crippen LogP contribution in [-0.4, -0.2) is 31.1 Å². The van der Waals surface area contributed by atoms with Crippen molar-refractivity contribution in [2.75, 3.05) is 26.2 Å². The Morgan fingerprint density at radius 3 is 2.74 bits per heavy atom. The molecule has 0 bridgehead atoms. The van der Waals surface area contributed by atoms with Crippen LogP contribution < -0.4 is 4.74 Å². The smallest absolute Gasteiger partial charge is 0.120 e. The molecule has 0 spiro atoms. The van der Waals surface area contributed by atoms with Gasteiger partial charge in [0.1, 0.15) is 12.4 Å². The normalized spacial score (nSPS) is 18.7. The van der Waals surface area contributed by atoms with Crippen molar-refractivity contribution in [2.45, 2.75) is 33.1 Å². The first-order valence-electron chi connectivity index (χ1n) is 7.28. The second kappa shape index (κ2) is 6.76. The van der Waals surface area contributed by atoms with Gasteiger partial charge in [-0.15, -0.1) is 0 Å². The molecule has 2 rings (SSSR count). The first-order chi connectivity index (χ1) is 9.17. The highest BCUT2D eigenvalue weighted by molar-refractivity contribution is 9.10. The zero-order valence-electron chi connectivity index (χ0n) is 12.0. The predicted octanol–water partition coefficient (Wildman–Crippen LogP) is 4.34. The molecule has 3 heteroatoms. The van der Waals surface area contributed by atoms with E-state index < -0.39 is 0 Å². The minimum atomic E-state index is 0.565. The van der Waals surface area contributed by atoms with Gasteiger partial charge in [0, 0.05) is 17.6 Å². The largest absolute Gasteiger partial charge is 0.492 e. The molecule has 1 fully saturated rings. The lowest BCUT2D eigenvalue weighted by molar-refractivity contribution is 0.204. The lowest BCUT2D eigenvalue weighted by atomic mass is 9.82. The third-order valence-corrected chi connectivity index (χ3v) is 4.98. The zero-order valence-corrected chi connectivity index (χ0v) is 13.6. The lowest BCUT2D eigenvalue weighted by Gasteiger charge is -2.26. The fraction of sp³-hybridized carbons (Fsp3) is 0.625. The van der Waals surface area contributed by atoms with Crippen LogP contribution in [0, 0.1) is 5.41 Å². The van der Waals surface area contributed by atoms with Crippen molar-refractivity contribution in [2.24, 2.45) is 5.41 Å². The summed E-state index contributed by atoms with van der Waals surface area (Å²) >= 11 is 3.46. The van der Waals surface area contributed by atoms with E-state index in [2.05, 4.69) is 34.7 Å². The molecule has 0 amide bonds. The third-order valence-electron chi connectivity index (χ3n) is 4.49. The molecule has 1 aliphatic rings. The number of ether oxygens (including phenoxy) is 1. The molecule has 106 valence electrons. The van der Waals surface area contributed by atoms with Crippen molar-refractivity contribution < 1.29 is 4.74 Å². The van der Waals surface area contributed by atoms with E-state index in [1.54, 1.807) is 0 Å². The van der Waals surface area contributed by atoms with Gasteiger partial charge in [-0.25, -0.2) is 0 Å². The average molecular weight is 326 g/mol. The summed E-state index contributed by atoms with van der Waals surface area (Å²) in [5.74, 6) is 0.950. The van der Waals surface area contributed by atoms with Crippen LogP contribution in [0.25, 0.3) is 0 Å². The zero-order chi connectivity index (χ0) is 13.7. The van der Waals surface area contributed by atoms with Gasteiger partial charge in [-0.05, 0) is 49.4 Å². The van der Waals surface area contributed by atoms with Crippen LogP contribution in [0.5, 0.6) is 5.75 Å². The van der Waals surface area contributed by atoms with Crippen molar-refractivity contribution >= 4 is 15.9 Å². The number of likely N-dealkylation sites (tertiary alicyclic amines) is 1. The summed E-state index contributed by atoms with van der Waals surface area (Å²) in [5.41, 5.74) is 0.565. The molecule has 1 aromatic carbocycles. The Morgan fingerprint density at radius 2 is 2.11 bits per heavy atom. The highest BCUT2D eigenvalue weighted by atomic mass is 79.9. The van der Waals surface area contributed by atoms with Crippen LogP contribution in [0.4, 0.5) is 0 Å². The van der Waals surface area contributed by atoms with Crippen LogP contribution in [0.3, 0.4) is 0 Å². The van der Waals surface area contributed by atoms with E-state index >= 15 is 0 Å². The van der Waals surface area contributed by atoms with E-state index in [9.17, 15) is 0 Å². The third kappa shape index (κ3) is 3.96. The molecule has 1 aromatic rings. The molecule has 0 N–H and O–H groups in total. The second-order valence-corrected chi connectivity index (χ2v) is 6.45. The summed E-state index contributed by atoms with van der Waals surface area (Å²) in [5, 5.41) is 0. The average Bonchev–Trinajstić information content (AvgIpc) is 2.83. The maximum absolute atomic E-state index is 5.81. The molecule has 0 radical (unpaired) electrons. The quantitative estimate of drug-likeness (QED) is 0.771. The first-order valence-corrected chi connectivity index (χ1v) is 8.07. The first kappa shape index (κ1) is 14.9. The van der Waals surface area contributed by atoms with Crippen molar-refractivity contribution in [3.63, 3.8) is 0 Å². The van der Waals surface area contributed by atoms with E-state index in [4.69, 9.17) is 4.74 Å². The number of hydrogen-bond donors (Lipinski definition) is 0. The van der Waals surface area contributed by atoms with E-state index in [0.717, 1.165) is 23.4 Å². The fourth-order valence-electron chi connectivity index (χ4n) is 2.90. The Labute approximate surface area is 125 Å². The number of rotatable bonds is 6. The van der Waals surface area contributed by atoms with Crippen LogP contribution in [0.2, 0.25) is 0 Å². The van der Waals surface area contributed by atoms with Gasteiger partial charge in [-0.2, -0.15) is 0 Å². The summed E-state index contributed by atoms with van der Waals surface area (Å²) in [6, 6.07) is 8.06. The van der Waals surface area contributed by atoms with E-state index in [-0.39, 0.29) is 0 Å². The Kier molecular flexibility index (Phi) is 5.28. The van der Waals surface area contributed by atoms with Gasteiger partial charge >= 0.3 is 0 Å². The second-order valence-electron chi connectivity index (χ2n) is 5.54. The molecule has 0 unspecified atom stereocenters. The minimum Gasteiger partial charge on any atom is -0.492 e. The minimum absolute atomic E-state index is 0.565. The molecule has 0 aliphatic carbocycles. The van der Waals surface area contributed by atoms with Crippen molar-refractivity contribution in [3.8, 4) is 5.75 Å². The van der Waals surface area contributed by atoms with Gasteiger partial charge in [0.05, 0.1) is 0 Å². The number of hydrogen-bond acceptors (Lipinski definition) is 2. The van der Waals surface area contributed by atoms with Crippen molar-refractivity contribution in [1.82, 2.24) is 4.90 Å². The number of benzene rings is 1. The maximum Gasteiger partial charge on any atom is 0.120 e. The summed E-state index contributed by atoms with van der Waals surface area (Å²) in [4.78, 5) is 2.55. The Hall–Kier alpha value is -0.540. The summed E-state index contributed by atoms with van der Waals surface area (Å²) in [6.07, 6.45) is 3.94. The molecule has 1 saturated heterocycles. The molecule has 0 aromatic heterocycles. The molecule has 1 heterocycles. The molecule has 0 saturated carbocycles. The van der Waals surface area contributed by atoms with Gasteiger partial charge in [0.15, 0.2) is 0 Å².